The number of aryl methyl sites for hydroxylation is 2. The fourth-order valence-corrected chi connectivity index (χ4v) is 5.21. The minimum atomic E-state index is 0.216. The van der Waals surface area contributed by atoms with E-state index in [-0.39, 0.29) is 5.92 Å². The normalized spacial score (nSPS) is 11.2. The first-order chi connectivity index (χ1) is 20.1. The number of rotatable bonds is 16. The third-order valence-corrected chi connectivity index (χ3v) is 6.89. The molecule has 0 bridgehead atoms. The van der Waals surface area contributed by atoms with E-state index >= 15 is 0 Å². The van der Waals surface area contributed by atoms with Gasteiger partial charge in [-0.2, -0.15) is 0 Å². The highest BCUT2D eigenvalue weighted by Gasteiger charge is 2.23. The van der Waals surface area contributed by atoms with E-state index in [4.69, 9.17) is 0 Å². The predicted molar refractivity (Wildman–Crippen MR) is 196 cm³/mol. The van der Waals surface area contributed by atoms with E-state index in [1.807, 2.05) is 41.5 Å². The maximum absolute atomic E-state index is 4.48. The predicted octanol–water partition coefficient (Wildman–Crippen LogP) is 12.0. The van der Waals surface area contributed by atoms with Crippen molar-refractivity contribution in [2.75, 3.05) is 38.6 Å². The van der Waals surface area contributed by atoms with Gasteiger partial charge in [-0.3, -0.25) is 0 Å². The molecule has 0 fully saturated rings. The van der Waals surface area contributed by atoms with E-state index in [0.29, 0.717) is 11.8 Å². The number of benzene rings is 2. The summed E-state index contributed by atoms with van der Waals surface area (Å²) in [6.07, 6.45) is 7.74. The van der Waals surface area contributed by atoms with Crippen LogP contribution in [0.1, 0.15) is 136 Å². The summed E-state index contributed by atoms with van der Waals surface area (Å²) in [5.41, 5.74) is 8.15. The third-order valence-electron chi connectivity index (χ3n) is 6.89. The number of hydrogen-bond acceptors (Lipinski definition) is 2. The lowest BCUT2D eigenvalue weighted by Gasteiger charge is -2.33. The maximum Gasteiger partial charge on any atom is 0.0408 e. The van der Waals surface area contributed by atoms with Crippen LogP contribution in [0, 0.1) is 18.8 Å². The van der Waals surface area contributed by atoms with Crippen molar-refractivity contribution >= 4 is 5.69 Å². The summed E-state index contributed by atoms with van der Waals surface area (Å²) >= 11 is 0. The second-order valence-corrected chi connectivity index (χ2v) is 12.1. The smallest absolute Gasteiger partial charge is 0.0408 e. The number of unbranched alkanes of at least 4 members (excludes halogenated alkanes) is 4. The van der Waals surface area contributed by atoms with Crippen molar-refractivity contribution in [3.05, 3.63) is 76.9 Å². The molecular formula is C40H72N2. The SMILES string of the molecule is C=C(C)C(c1ccc(C)cc1)c1cc(CCCCCCCN(C)C)ccc1N(CC(C)C)CC(C)C.CC.CC.CC. The first-order valence-corrected chi connectivity index (χ1v) is 17.3. The molecule has 2 aromatic carbocycles. The molecule has 0 N–H and O–H groups in total. The standard InChI is InChI=1S/C34H54N2.3C2H6/c1-26(2)24-36(25-27(3)4)33-21-18-30(15-13-11-10-12-14-22-35(8)9)23-32(33)34(28(5)6)31-19-16-29(7)17-20-31;3*1-2/h16-21,23,26-27,34H,5,10-15,22,24-25H2,1-4,6-9H3;3*1-2H3. The summed E-state index contributed by atoms with van der Waals surface area (Å²) in [6, 6.07) is 16.4. The van der Waals surface area contributed by atoms with Gasteiger partial charge in [-0.15, -0.1) is 0 Å². The summed E-state index contributed by atoms with van der Waals surface area (Å²) in [5.74, 6) is 1.45. The molecule has 0 spiro atoms. The molecule has 0 aliphatic rings. The third kappa shape index (κ3) is 17.2. The van der Waals surface area contributed by atoms with Gasteiger partial charge in [-0.25, -0.2) is 0 Å². The molecule has 2 heteroatoms. The summed E-state index contributed by atoms with van der Waals surface area (Å²) in [7, 11) is 4.33. The Bertz CT molecular complexity index is 898. The van der Waals surface area contributed by atoms with E-state index in [9.17, 15) is 0 Å². The molecule has 242 valence electrons. The zero-order chi connectivity index (χ0) is 32.7. The van der Waals surface area contributed by atoms with Gasteiger partial charge < -0.3 is 9.80 Å². The Morgan fingerprint density at radius 1 is 0.714 bits per heavy atom. The molecule has 1 atom stereocenters. The fourth-order valence-electron chi connectivity index (χ4n) is 5.21. The zero-order valence-electron chi connectivity index (χ0n) is 30.7. The number of hydrogen-bond donors (Lipinski definition) is 0. The van der Waals surface area contributed by atoms with Gasteiger partial charge in [0, 0.05) is 24.7 Å². The number of nitrogens with zero attached hydrogens (tertiary/aromatic N) is 2. The molecule has 0 aromatic heterocycles. The van der Waals surface area contributed by atoms with Gasteiger partial charge in [0.05, 0.1) is 0 Å². The molecule has 2 nitrogen and oxygen atoms in total. The molecule has 2 aromatic rings. The maximum atomic E-state index is 4.48. The van der Waals surface area contributed by atoms with Crippen LogP contribution in [0.15, 0.2) is 54.6 Å². The van der Waals surface area contributed by atoms with Crippen LogP contribution in [0.25, 0.3) is 0 Å². The molecule has 42 heavy (non-hydrogen) atoms. The minimum absolute atomic E-state index is 0.216. The largest absolute Gasteiger partial charge is 0.371 e. The van der Waals surface area contributed by atoms with E-state index < -0.39 is 0 Å². The lowest BCUT2D eigenvalue weighted by Crippen LogP contribution is -2.32. The van der Waals surface area contributed by atoms with Gasteiger partial charge >= 0.3 is 0 Å². The Morgan fingerprint density at radius 3 is 1.69 bits per heavy atom. The Labute approximate surface area is 265 Å². The van der Waals surface area contributed by atoms with Crippen LogP contribution in [0.3, 0.4) is 0 Å². The Hall–Kier alpha value is -2.06. The highest BCUT2D eigenvalue weighted by Crippen LogP contribution is 2.38. The van der Waals surface area contributed by atoms with Gasteiger partial charge in [-0.1, -0.05) is 143 Å². The van der Waals surface area contributed by atoms with Gasteiger partial charge in [0.15, 0.2) is 0 Å². The van der Waals surface area contributed by atoms with Crippen LogP contribution < -0.4 is 4.90 Å². The Balaban J connectivity index is 0. The van der Waals surface area contributed by atoms with Crippen molar-refractivity contribution in [3.8, 4) is 0 Å². The first kappa shape index (κ1) is 42.1. The molecule has 0 saturated carbocycles. The van der Waals surface area contributed by atoms with Crippen LogP contribution in [0.4, 0.5) is 5.69 Å². The minimum Gasteiger partial charge on any atom is -0.371 e. The highest BCUT2D eigenvalue weighted by atomic mass is 15.1. The number of allylic oxidation sites excluding steroid dienone is 1. The van der Waals surface area contributed by atoms with Gasteiger partial charge in [0.2, 0.25) is 0 Å². The molecule has 0 amide bonds. The first-order valence-electron chi connectivity index (χ1n) is 17.3. The second-order valence-electron chi connectivity index (χ2n) is 12.1. The van der Waals surface area contributed by atoms with Crippen molar-refractivity contribution < 1.29 is 0 Å². The van der Waals surface area contributed by atoms with E-state index in [0.717, 1.165) is 19.5 Å². The molecule has 0 aliphatic heterocycles. The Kier molecular flexibility index (Phi) is 25.5. The van der Waals surface area contributed by atoms with E-state index in [1.54, 1.807) is 0 Å². The van der Waals surface area contributed by atoms with Crippen LogP contribution in [-0.2, 0) is 6.42 Å². The molecular weight excluding hydrogens is 508 g/mol. The topological polar surface area (TPSA) is 6.48 Å². The van der Waals surface area contributed by atoms with Crippen molar-refractivity contribution in [2.45, 2.75) is 128 Å². The summed E-state index contributed by atoms with van der Waals surface area (Å²) < 4.78 is 0. The number of anilines is 1. The molecule has 0 saturated heterocycles. The van der Waals surface area contributed by atoms with Crippen LogP contribution in [0.2, 0.25) is 0 Å². The molecule has 0 radical (unpaired) electrons. The lowest BCUT2D eigenvalue weighted by atomic mass is 9.83. The van der Waals surface area contributed by atoms with Crippen molar-refractivity contribution in [3.63, 3.8) is 0 Å². The van der Waals surface area contributed by atoms with Gasteiger partial charge in [-0.05, 0) is 88.3 Å². The van der Waals surface area contributed by atoms with E-state index in [2.05, 4.69) is 114 Å². The van der Waals surface area contributed by atoms with E-state index in [1.165, 1.54) is 72.2 Å². The summed E-state index contributed by atoms with van der Waals surface area (Å²) in [5, 5.41) is 0. The van der Waals surface area contributed by atoms with Crippen LogP contribution in [-0.4, -0.2) is 38.6 Å². The second kappa shape index (κ2) is 25.4. The van der Waals surface area contributed by atoms with Gasteiger partial charge in [0.1, 0.15) is 0 Å². The van der Waals surface area contributed by atoms with Crippen LogP contribution in [0.5, 0.6) is 0 Å². The van der Waals surface area contributed by atoms with Crippen molar-refractivity contribution in [1.29, 1.82) is 0 Å². The van der Waals surface area contributed by atoms with Crippen LogP contribution >= 0.6 is 0 Å². The highest BCUT2D eigenvalue weighted by molar-refractivity contribution is 5.61. The Morgan fingerprint density at radius 2 is 1.21 bits per heavy atom. The summed E-state index contributed by atoms with van der Waals surface area (Å²) in [6.45, 7) is 33.5. The van der Waals surface area contributed by atoms with Crippen molar-refractivity contribution in [2.24, 2.45) is 11.8 Å². The lowest BCUT2D eigenvalue weighted by molar-refractivity contribution is 0.389. The molecule has 0 heterocycles. The average molecular weight is 581 g/mol. The van der Waals surface area contributed by atoms with Crippen molar-refractivity contribution in [1.82, 2.24) is 4.90 Å². The molecule has 0 aliphatic carbocycles. The molecule has 1 unspecified atom stereocenters. The average Bonchev–Trinajstić information content (AvgIpc) is 2.96. The molecule has 2 rings (SSSR count). The fraction of sp³-hybridized carbons (Fsp3) is 0.650. The zero-order valence-corrected chi connectivity index (χ0v) is 30.7. The monoisotopic (exact) mass is 581 g/mol. The summed E-state index contributed by atoms with van der Waals surface area (Å²) in [4.78, 5) is 4.92. The quantitative estimate of drug-likeness (QED) is 0.144. The van der Waals surface area contributed by atoms with Gasteiger partial charge in [0.25, 0.3) is 0 Å².